The van der Waals surface area contributed by atoms with Crippen molar-refractivity contribution in [2.75, 3.05) is 20.6 Å². The van der Waals surface area contributed by atoms with Crippen LogP contribution in [0.15, 0.2) is 34.2 Å². The Kier molecular flexibility index (Phi) is 7.71. The SMILES string of the molecule is CN=C(NCCCC1CCCC1)NCc1ccc(S(=O)(=O)NC)cc1. The van der Waals surface area contributed by atoms with E-state index in [9.17, 15) is 8.42 Å². The van der Waals surface area contributed by atoms with Crippen molar-refractivity contribution in [2.24, 2.45) is 10.9 Å². The van der Waals surface area contributed by atoms with Crippen molar-refractivity contribution >= 4 is 16.0 Å². The van der Waals surface area contributed by atoms with Gasteiger partial charge in [-0.15, -0.1) is 0 Å². The maximum Gasteiger partial charge on any atom is 0.240 e. The standard InChI is InChI=1S/C18H30N4O2S/c1-19-18(21-13-5-8-15-6-3-4-7-15)22-14-16-9-11-17(12-10-16)25(23,24)20-2/h9-12,15,20H,3-8,13-14H2,1-2H3,(H2,19,21,22). The zero-order valence-corrected chi connectivity index (χ0v) is 16.0. The fraction of sp³-hybridized carbons (Fsp3) is 0.611. The third-order valence-corrected chi connectivity index (χ3v) is 6.17. The molecule has 0 amide bonds. The van der Waals surface area contributed by atoms with Crippen LogP contribution in [0.5, 0.6) is 0 Å². The van der Waals surface area contributed by atoms with Gasteiger partial charge >= 0.3 is 0 Å². The summed E-state index contributed by atoms with van der Waals surface area (Å²) in [4.78, 5) is 4.50. The summed E-state index contributed by atoms with van der Waals surface area (Å²) >= 11 is 0. The molecule has 1 aromatic carbocycles. The summed E-state index contributed by atoms with van der Waals surface area (Å²) in [6.07, 6.45) is 8.05. The number of aliphatic imine (C=N–C) groups is 1. The summed E-state index contributed by atoms with van der Waals surface area (Å²) in [5.74, 6) is 1.70. The Hall–Kier alpha value is -1.60. The third-order valence-electron chi connectivity index (χ3n) is 4.74. The van der Waals surface area contributed by atoms with Gasteiger partial charge in [-0.05, 0) is 43.5 Å². The van der Waals surface area contributed by atoms with Gasteiger partial charge in [0.05, 0.1) is 4.90 Å². The number of rotatable bonds is 8. The van der Waals surface area contributed by atoms with Gasteiger partial charge in [-0.25, -0.2) is 13.1 Å². The molecule has 0 radical (unpaired) electrons. The lowest BCUT2D eigenvalue weighted by Gasteiger charge is -2.13. The first-order valence-corrected chi connectivity index (χ1v) is 10.5. The number of nitrogens with zero attached hydrogens (tertiary/aromatic N) is 1. The van der Waals surface area contributed by atoms with Crippen molar-refractivity contribution in [3.8, 4) is 0 Å². The van der Waals surface area contributed by atoms with Gasteiger partial charge < -0.3 is 10.6 Å². The second-order valence-electron chi connectivity index (χ2n) is 6.50. The highest BCUT2D eigenvalue weighted by Crippen LogP contribution is 2.28. The van der Waals surface area contributed by atoms with Gasteiger partial charge in [0.2, 0.25) is 10.0 Å². The number of hydrogen-bond acceptors (Lipinski definition) is 3. The molecule has 1 aliphatic carbocycles. The molecule has 140 valence electrons. The minimum absolute atomic E-state index is 0.271. The quantitative estimate of drug-likeness (QED) is 0.374. The molecule has 0 saturated heterocycles. The summed E-state index contributed by atoms with van der Waals surface area (Å²) < 4.78 is 25.7. The molecule has 1 aromatic rings. The van der Waals surface area contributed by atoms with Crippen LogP contribution < -0.4 is 15.4 Å². The minimum atomic E-state index is -3.38. The molecule has 1 aliphatic rings. The van der Waals surface area contributed by atoms with E-state index in [0.717, 1.165) is 24.0 Å². The molecule has 3 N–H and O–H groups in total. The summed E-state index contributed by atoms with van der Waals surface area (Å²) in [6, 6.07) is 6.84. The first-order valence-electron chi connectivity index (χ1n) is 9.02. The van der Waals surface area contributed by atoms with Gasteiger partial charge in [0.25, 0.3) is 0 Å². The van der Waals surface area contributed by atoms with E-state index in [-0.39, 0.29) is 4.90 Å². The second kappa shape index (κ2) is 9.77. The van der Waals surface area contributed by atoms with Crippen LogP contribution in [0.1, 0.15) is 44.1 Å². The first kappa shape index (κ1) is 19.7. The van der Waals surface area contributed by atoms with E-state index in [2.05, 4.69) is 20.3 Å². The molecule has 6 nitrogen and oxygen atoms in total. The van der Waals surface area contributed by atoms with E-state index in [4.69, 9.17) is 0 Å². The fourth-order valence-electron chi connectivity index (χ4n) is 3.21. The zero-order chi connectivity index (χ0) is 18.1. The van der Waals surface area contributed by atoms with Crippen molar-refractivity contribution in [2.45, 2.75) is 50.0 Å². The van der Waals surface area contributed by atoms with Gasteiger partial charge in [-0.1, -0.05) is 37.8 Å². The van der Waals surface area contributed by atoms with Crippen LogP contribution in [0, 0.1) is 5.92 Å². The Morgan fingerprint density at radius 1 is 1.16 bits per heavy atom. The van der Waals surface area contributed by atoms with Gasteiger partial charge in [-0.3, -0.25) is 4.99 Å². The van der Waals surface area contributed by atoms with E-state index < -0.39 is 10.0 Å². The van der Waals surface area contributed by atoms with Crippen molar-refractivity contribution in [1.29, 1.82) is 0 Å². The molecule has 0 atom stereocenters. The highest BCUT2D eigenvalue weighted by molar-refractivity contribution is 7.89. The maximum absolute atomic E-state index is 11.7. The fourth-order valence-corrected chi connectivity index (χ4v) is 3.94. The molecule has 1 saturated carbocycles. The molecule has 7 heteroatoms. The lowest BCUT2D eigenvalue weighted by molar-refractivity contribution is 0.481. The summed E-state index contributed by atoms with van der Waals surface area (Å²) in [6.45, 7) is 1.53. The maximum atomic E-state index is 11.7. The Labute approximate surface area is 151 Å². The highest BCUT2D eigenvalue weighted by Gasteiger charge is 2.14. The van der Waals surface area contributed by atoms with Crippen LogP contribution >= 0.6 is 0 Å². The molecule has 2 rings (SSSR count). The third kappa shape index (κ3) is 6.32. The average molecular weight is 367 g/mol. The van der Waals surface area contributed by atoms with E-state index in [1.807, 2.05) is 12.1 Å². The Balaban J connectivity index is 1.72. The van der Waals surface area contributed by atoms with Gasteiger partial charge in [0.15, 0.2) is 5.96 Å². The van der Waals surface area contributed by atoms with Crippen LogP contribution in [0.25, 0.3) is 0 Å². The van der Waals surface area contributed by atoms with Crippen molar-refractivity contribution < 1.29 is 8.42 Å². The second-order valence-corrected chi connectivity index (χ2v) is 8.38. The average Bonchev–Trinajstić information content (AvgIpc) is 3.15. The van der Waals surface area contributed by atoms with E-state index >= 15 is 0 Å². The Bertz CT molecular complexity index is 650. The predicted octanol–water partition coefficient (Wildman–Crippen LogP) is 2.23. The Morgan fingerprint density at radius 2 is 1.84 bits per heavy atom. The van der Waals surface area contributed by atoms with E-state index in [1.54, 1.807) is 19.2 Å². The molecule has 0 aliphatic heterocycles. The lowest BCUT2D eigenvalue weighted by Crippen LogP contribution is -2.37. The van der Waals surface area contributed by atoms with E-state index in [1.165, 1.54) is 45.6 Å². The first-order chi connectivity index (χ1) is 12.0. The molecule has 0 bridgehead atoms. The normalized spacial score (nSPS) is 16.2. The van der Waals surface area contributed by atoms with Gasteiger partial charge in [0.1, 0.15) is 0 Å². The largest absolute Gasteiger partial charge is 0.356 e. The molecule has 25 heavy (non-hydrogen) atoms. The Morgan fingerprint density at radius 3 is 2.44 bits per heavy atom. The smallest absolute Gasteiger partial charge is 0.240 e. The molecular weight excluding hydrogens is 336 g/mol. The van der Waals surface area contributed by atoms with E-state index in [0.29, 0.717) is 6.54 Å². The van der Waals surface area contributed by atoms with Gasteiger partial charge in [0, 0.05) is 20.1 Å². The molecule has 0 heterocycles. The van der Waals surface area contributed by atoms with Gasteiger partial charge in [-0.2, -0.15) is 0 Å². The molecule has 0 spiro atoms. The summed E-state index contributed by atoms with van der Waals surface area (Å²) in [7, 11) is -0.211. The van der Waals surface area contributed by atoms with Crippen molar-refractivity contribution in [3.63, 3.8) is 0 Å². The topological polar surface area (TPSA) is 82.6 Å². The van der Waals surface area contributed by atoms with Crippen LogP contribution in [-0.4, -0.2) is 35.0 Å². The number of nitrogens with one attached hydrogen (secondary N) is 3. The summed E-state index contributed by atoms with van der Waals surface area (Å²) in [5.41, 5.74) is 1.00. The van der Waals surface area contributed by atoms with Crippen LogP contribution in [0.3, 0.4) is 0 Å². The van der Waals surface area contributed by atoms with Crippen molar-refractivity contribution in [3.05, 3.63) is 29.8 Å². The number of sulfonamides is 1. The molecule has 0 unspecified atom stereocenters. The molecule has 1 fully saturated rings. The molecule has 0 aromatic heterocycles. The highest BCUT2D eigenvalue weighted by atomic mass is 32.2. The zero-order valence-electron chi connectivity index (χ0n) is 15.2. The summed E-state index contributed by atoms with van der Waals surface area (Å²) in [5, 5.41) is 6.60. The number of benzene rings is 1. The van der Waals surface area contributed by atoms with Crippen LogP contribution in [0.4, 0.5) is 0 Å². The minimum Gasteiger partial charge on any atom is -0.356 e. The number of hydrogen-bond donors (Lipinski definition) is 3. The number of guanidine groups is 1. The predicted molar refractivity (Wildman–Crippen MR) is 102 cm³/mol. The monoisotopic (exact) mass is 366 g/mol. The van der Waals surface area contributed by atoms with Crippen LogP contribution in [0.2, 0.25) is 0 Å². The molecular formula is C18H30N4O2S. The van der Waals surface area contributed by atoms with Crippen molar-refractivity contribution in [1.82, 2.24) is 15.4 Å². The van der Waals surface area contributed by atoms with Crippen LogP contribution in [-0.2, 0) is 16.6 Å². The lowest BCUT2D eigenvalue weighted by atomic mass is 10.0.